The van der Waals surface area contributed by atoms with E-state index in [2.05, 4.69) is 26.9 Å². The molecule has 168 valence electrons. The van der Waals surface area contributed by atoms with Crippen molar-refractivity contribution < 1.29 is 9.59 Å². The molecular weight excluding hydrogens is 406 g/mol. The second-order valence-corrected chi connectivity index (χ2v) is 7.53. The van der Waals surface area contributed by atoms with Gasteiger partial charge in [0.1, 0.15) is 12.4 Å². The topological polar surface area (TPSA) is 109 Å². The zero-order valence-electron chi connectivity index (χ0n) is 18.5. The number of piperazine rings is 1. The Balaban J connectivity index is 1.62. The van der Waals surface area contributed by atoms with Gasteiger partial charge in [-0.15, -0.1) is 0 Å². The SMILES string of the molecule is C=C(N=C/C=C\N)NC(=O)c1ccccc1N1CCN(C(=O)Cn2nc(C)cc2C)CC1. The molecule has 0 bridgehead atoms. The first kappa shape index (κ1) is 22.8. The fourth-order valence-corrected chi connectivity index (χ4v) is 3.61. The van der Waals surface area contributed by atoms with Crippen molar-refractivity contribution in [1.29, 1.82) is 0 Å². The number of nitrogens with one attached hydrogen (secondary N) is 1. The predicted molar refractivity (Wildman–Crippen MR) is 125 cm³/mol. The second-order valence-electron chi connectivity index (χ2n) is 7.53. The average Bonchev–Trinajstić information content (AvgIpc) is 3.10. The Morgan fingerprint density at radius 2 is 1.94 bits per heavy atom. The highest BCUT2D eigenvalue weighted by Crippen LogP contribution is 2.22. The maximum absolute atomic E-state index is 12.8. The van der Waals surface area contributed by atoms with Crippen molar-refractivity contribution in [2.24, 2.45) is 10.7 Å². The van der Waals surface area contributed by atoms with Crippen molar-refractivity contribution in [3.05, 3.63) is 72.0 Å². The number of aryl methyl sites for hydroxylation is 2. The molecule has 1 fully saturated rings. The summed E-state index contributed by atoms with van der Waals surface area (Å²) in [6, 6.07) is 9.34. The number of para-hydroxylation sites is 1. The molecule has 1 saturated heterocycles. The highest BCUT2D eigenvalue weighted by Gasteiger charge is 2.24. The van der Waals surface area contributed by atoms with Gasteiger partial charge in [0.15, 0.2) is 0 Å². The number of hydrogen-bond donors (Lipinski definition) is 2. The Labute approximate surface area is 187 Å². The van der Waals surface area contributed by atoms with Gasteiger partial charge in [-0.3, -0.25) is 14.3 Å². The van der Waals surface area contributed by atoms with Gasteiger partial charge in [-0.05, 0) is 44.3 Å². The molecule has 9 nitrogen and oxygen atoms in total. The molecule has 1 aromatic carbocycles. The molecule has 32 heavy (non-hydrogen) atoms. The van der Waals surface area contributed by atoms with E-state index in [1.54, 1.807) is 16.8 Å². The van der Waals surface area contributed by atoms with E-state index < -0.39 is 0 Å². The van der Waals surface area contributed by atoms with E-state index in [9.17, 15) is 9.59 Å². The third-order valence-electron chi connectivity index (χ3n) is 5.20. The molecular formula is C23H29N7O2. The summed E-state index contributed by atoms with van der Waals surface area (Å²) in [7, 11) is 0. The van der Waals surface area contributed by atoms with Crippen LogP contribution in [0, 0.1) is 13.8 Å². The number of nitrogens with zero attached hydrogens (tertiary/aromatic N) is 5. The molecule has 9 heteroatoms. The van der Waals surface area contributed by atoms with Crippen molar-refractivity contribution in [3.63, 3.8) is 0 Å². The van der Waals surface area contributed by atoms with E-state index in [1.807, 2.05) is 43.0 Å². The Kier molecular flexibility index (Phi) is 7.43. The fourth-order valence-electron chi connectivity index (χ4n) is 3.61. The van der Waals surface area contributed by atoms with Gasteiger partial charge in [0.2, 0.25) is 5.91 Å². The van der Waals surface area contributed by atoms with E-state index in [0.29, 0.717) is 31.7 Å². The number of aliphatic imine (C=N–C) groups is 1. The van der Waals surface area contributed by atoms with Crippen LogP contribution in [0.1, 0.15) is 21.7 Å². The van der Waals surface area contributed by atoms with Crippen LogP contribution in [-0.4, -0.2) is 58.9 Å². The highest BCUT2D eigenvalue weighted by molar-refractivity contribution is 6.00. The zero-order chi connectivity index (χ0) is 23.1. The molecule has 0 unspecified atom stereocenters. The molecule has 0 atom stereocenters. The van der Waals surface area contributed by atoms with Gasteiger partial charge >= 0.3 is 0 Å². The molecule has 1 aromatic heterocycles. The first-order chi connectivity index (χ1) is 15.4. The first-order valence-electron chi connectivity index (χ1n) is 10.4. The number of anilines is 1. The van der Waals surface area contributed by atoms with Crippen molar-refractivity contribution in [2.75, 3.05) is 31.1 Å². The third-order valence-corrected chi connectivity index (χ3v) is 5.20. The summed E-state index contributed by atoms with van der Waals surface area (Å²) >= 11 is 0. The molecule has 0 aliphatic carbocycles. The second kappa shape index (κ2) is 10.4. The number of nitrogens with two attached hydrogens (primary N) is 1. The molecule has 0 spiro atoms. The monoisotopic (exact) mass is 435 g/mol. The molecule has 2 amide bonds. The van der Waals surface area contributed by atoms with Crippen LogP contribution in [0.2, 0.25) is 0 Å². The lowest BCUT2D eigenvalue weighted by Gasteiger charge is -2.37. The molecule has 3 N–H and O–H groups in total. The maximum atomic E-state index is 12.8. The minimum absolute atomic E-state index is 0.0440. The van der Waals surface area contributed by atoms with Crippen LogP contribution in [0.25, 0.3) is 0 Å². The lowest BCUT2D eigenvalue weighted by Crippen LogP contribution is -2.50. The van der Waals surface area contributed by atoms with Crippen LogP contribution in [0.3, 0.4) is 0 Å². The van der Waals surface area contributed by atoms with Crippen LogP contribution >= 0.6 is 0 Å². The number of benzene rings is 1. The van der Waals surface area contributed by atoms with Crippen LogP contribution in [-0.2, 0) is 11.3 Å². The van der Waals surface area contributed by atoms with Gasteiger partial charge < -0.3 is 20.9 Å². The molecule has 1 aliphatic rings. The standard InChI is InChI=1S/C23H29N7O2/c1-17-15-18(2)30(27-17)16-22(31)29-13-11-28(12-14-29)21-8-5-4-7-20(21)23(32)26-19(3)25-10-6-9-24/h4-10,15H,3,11-14,16,24H2,1-2H3,(H,26,32)/b9-6-,25-10?. The van der Waals surface area contributed by atoms with Gasteiger partial charge in [-0.25, -0.2) is 4.99 Å². The number of aromatic nitrogens is 2. The largest absolute Gasteiger partial charge is 0.405 e. The summed E-state index contributed by atoms with van der Waals surface area (Å²) in [6.07, 6.45) is 4.34. The highest BCUT2D eigenvalue weighted by atomic mass is 16.2. The number of hydrogen-bond acceptors (Lipinski definition) is 6. The van der Waals surface area contributed by atoms with Crippen LogP contribution in [0.15, 0.2) is 60.0 Å². The lowest BCUT2D eigenvalue weighted by molar-refractivity contribution is -0.132. The van der Waals surface area contributed by atoms with Crippen LogP contribution < -0.4 is 16.0 Å². The van der Waals surface area contributed by atoms with Gasteiger partial charge in [0.25, 0.3) is 5.91 Å². The number of carbonyl (C=O) groups is 2. The molecule has 0 saturated carbocycles. The smallest absolute Gasteiger partial charge is 0.258 e. The molecule has 2 heterocycles. The summed E-state index contributed by atoms with van der Waals surface area (Å²) in [5.41, 5.74) is 8.48. The summed E-state index contributed by atoms with van der Waals surface area (Å²) in [4.78, 5) is 33.5. The summed E-state index contributed by atoms with van der Waals surface area (Å²) in [6.45, 7) is 10.3. The zero-order valence-corrected chi connectivity index (χ0v) is 18.5. The van der Waals surface area contributed by atoms with Crippen molar-refractivity contribution in [2.45, 2.75) is 20.4 Å². The van der Waals surface area contributed by atoms with E-state index in [4.69, 9.17) is 5.73 Å². The van der Waals surface area contributed by atoms with E-state index >= 15 is 0 Å². The van der Waals surface area contributed by atoms with Crippen LogP contribution in [0.4, 0.5) is 5.69 Å². The normalized spacial score (nSPS) is 14.3. The summed E-state index contributed by atoms with van der Waals surface area (Å²) in [5, 5.41) is 7.06. The van der Waals surface area contributed by atoms with Gasteiger partial charge in [-0.2, -0.15) is 5.10 Å². The predicted octanol–water partition coefficient (Wildman–Crippen LogP) is 1.59. The lowest BCUT2D eigenvalue weighted by atomic mass is 10.1. The Morgan fingerprint density at radius 3 is 2.59 bits per heavy atom. The minimum atomic E-state index is -0.289. The molecule has 3 rings (SSSR count). The first-order valence-corrected chi connectivity index (χ1v) is 10.4. The number of amides is 2. The van der Waals surface area contributed by atoms with E-state index in [1.165, 1.54) is 12.4 Å². The summed E-state index contributed by atoms with van der Waals surface area (Å²) in [5.74, 6) is -0.0208. The Bertz CT molecular complexity index is 1050. The quantitative estimate of drug-likeness (QED) is 0.642. The van der Waals surface area contributed by atoms with Crippen molar-refractivity contribution in [3.8, 4) is 0 Å². The maximum Gasteiger partial charge on any atom is 0.258 e. The van der Waals surface area contributed by atoms with Gasteiger partial charge in [0.05, 0.1) is 11.3 Å². The van der Waals surface area contributed by atoms with Gasteiger partial charge in [-0.1, -0.05) is 18.7 Å². The molecule has 0 radical (unpaired) electrons. The fraction of sp³-hybridized carbons (Fsp3) is 0.304. The average molecular weight is 436 g/mol. The van der Waals surface area contributed by atoms with Crippen LogP contribution in [0.5, 0.6) is 0 Å². The number of rotatable bonds is 7. The number of carbonyl (C=O) groups excluding carboxylic acids is 2. The molecule has 2 aromatic rings. The van der Waals surface area contributed by atoms with E-state index in [0.717, 1.165) is 17.1 Å². The minimum Gasteiger partial charge on any atom is -0.405 e. The van der Waals surface area contributed by atoms with E-state index in [-0.39, 0.29) is 24.2 Å². The third kappa shape index (κ3) is 5.63. The van der Waals surface area contributed by atoms with Gasteiger partial charge in [0, 0.05) is 43.8 Å². The van der Waals surface area contributed by atoms with Crippen molar-refractivity contribution in [1.82, 2.24) is 20.0 Å². The summed E-state index contributed by atoms with van der Waals surface area (Å²) < 4.78 is 1.74. The van der Waals surface area contributed by atoms with Crippen molar-refractivity contribution >= 4 is 23.7 Å². The Morgan fingerprint density at radius 1 is 1.22 bits per heavy atom. The number of allylic oxidation sites excluding steroid dienone is 1. The Hall–Kier alpha value is -3.88. The molecule has 1 aliphatic heterocycles.